The van der Waals surface area contributed by atoms with E-state index < -0.39 is 16.0 Å². The second kappa shape index (κ2) is 4.50. The first-order chi connectivity index (χ1) is 8.08. The van der Waals surface area contributed by atoms with Crippen LogP contribution in [0.25, 0.3) is 0 Å². The van der Waals surface area contributed by atoms with Crippen molar-refractivity contribution >= 4 is 15.8 Å². The molecule has 0 amide bonds. The van der Waals surface area contributed by atoms with E-state index in [1.165, 1.54) is 24.3 Å². The summed E-state index contributed by atoms with van der Waals surface area (Å²) in [5.74, 6) is -0.785. The zero-order chi connectivity index (χ0) is 12.3. The van der Waals surface area contributed by atoms with E-state index in [0.717, 1.165) is 6.07 Å². The van der Waals surface area contributed by atoms with Crippen molar-refractivity contribution in [1.29, 1.82) is 0 Å². The highest BCUT2D eigenvalue weighted by atomic mass is 32.2. The summed E-state index contributed by atoms with van der Waals surface area (Å²) in [5.41, 5.74) is 0. The molecule has 1 N–H and O–H groups in total. The number of pyridine rings is 1. The minimum atomic E-state index is -3.71. The summed E-state index contributed by atoms with van der Waals surface area (Å²) in [6, 6.07) is 11.7. The van der Waals surface area contributed by atoms with Crippen molar-refractivity contribution in [1.82, 2.24) is 4.98 Å². The van der Waals surface area contributed by atoms with E-state index in [0.29, 0.717) is 0 Å². The molecule has 2 rings (SSSR count). The minimum absolute atomic E-state index is 0.0474. The monoisotopic (exact) mass is 252 g/mol. The van der Waals surface area contributed by atoms with Gasteiger partial charge in [0.1, 0.15) is 5.82 Å². The third kappa shape index (κ3) is 2.79. The molecule has 0 spiro atoms. The van der Waals surface area contributed by atoms with Gasteiger partial charge in [-0.05, 0) is 24.3 Å². The van der Waals surface area contributed by atoms with Gasteiger partial charge in [-0.2, -0.15) is 4.39 Å². The van der Waals surface area contributed by atoms with Crippen LogP contribution in [0, 0.1) is 5.95 Å². The van der Waals surface area contributed by atoms with Gasteiger partial charge in [-0.1, -0.05) is 24.3 Å². The molecule has 17 heavy (non-hydrogen) atoms. The van der Waals surface area contributed by atoms with Gasteiger partial charge in [0, 0.05) is 0 Å². The van der Waals surface area contributed by atoms with Crippen molar-refractivity contribution < 1.29 is 12.8 Å². The molecule has 0 atom stereocenters. The number of sulfonamides is 1. The number of aromatic nitrogens is 1. The topological polar surface area (TPSA) is 59.1 Å². The van der Waals surface area contributed by atoms with Gasteiger partial charge in [0.2, 0.25) is 5.95 Å². The lowest BCUT2D eigenvalue weighted by Gasteiger charge is -2.06. The van der Waals surface area contributed by atoms with E-state index in [1.807, 2.05) is 0 Å². The Hall–Kier alpha value is -1.95. The van der Waals surface area contributed by atoms with E-state index in [4.69, 9.17) is 0 Å². The van der Waals surface area contributed by atoms with E-state index >= 15 is 0 Å². The van der Waals surface area contributed by atoms with E-state index in [-0.39, 0.29) is 10.7 Å². The molecule has 0 aliphatic rings. The Labute approximate surface area is 98.2 Å². The zero-order valence-corrected chi connectivity index (χ0v) is 9.49. The molecule has 1 aromatic carbocycles. The van der Waals surface area contributed by atoms with E-state index in [1.54, 1.807) is 18.2 Å². The Balaban J connectivity index is 2.30. The van der Waals surface area contributed by atoms with Crippen LogP contribution < -0.4 is 4.72 Å². The molecule has 0 saturated carbocycles. The molecule has 2 aromatic rings. The van der Waals surface area contributed by atoms with Gasteiger partial charge in [0.15, 0.2) is 0 Å². The molecule has 1 aromatic heterocycles. The fourth-order valence-electron chi connectivity index (χ4n) is 1.26. The van der Waals surface area contributed by atoms with Gasteiger partial charge in [0.25, 0.3) is 10.0 Å². The second-order valence-corrected chi connectivity index (χ2v) is 4.95. The van der Waals surface area contributed by atoms with E-state index in [2.05, 4.69) is 9.71 Å². The molecule has 0 unspecified atom stereocenters. The van der Waals surface area contributed by atoms with Gasteiger partial charge >= 0.3 is 0 Å². The molecular weight excluding hydrogens is 243 g/mol. The molecular formula is C11H9FN2O2S. The quantitative estimate of drug-likeness (QED) is 0.850. The van der Waals surface area contributed by atoms with Crippen molar-refractivity contribution in [3.8, 4) is 0 Å². The van der Waals surface area contributed by atoms with Crippen LogP contribution in [0.4, 0.5) is 10.2 Å². The third-order valence-corrected chi connectivity index (χ3v) is 3.38. The molecule has 0 fully saturated rings. The lowest BCUT2D eigenvalue weighted by atomic mass is 10.4. The Morgan fingerprint density at radius 3 is 2.35 bits per heavy atom. The lowest BCUT2D eigenvalue weighted by Crippen LogP contribution is -2.13. The predicted molar refractivity (Wildman–Crippen MR) is 61.4 cm³/mol. The van der Waals surface area contributed by atoms with Crippen LogP contribution in [0.15, 0.2) is 53.4 Å². The highest BCUT2D eigenvalue weighted by Gasteiger charge is 2.13. The van der Waals surface area contributed by atoms with Gasteiger partial charge in [-0.3, -0.25) is 4.72 Å². The molecule has 6 heteroatoms. The summed E-state index contributed by atoms with van der Waals surface area (Å²) in [6.45, 7) is 0. The molecule has 0 saturated heterocycles. The normalized spacial score (nSPS) is 11.1. The van der Waals surface area contributed by atoms with Crippen LogP contribution in [-0.4, -0.2) is 13.4 Å². The molecule has 0 aliphatic carbocycles. The van der Waals surface area contributed by atoms with Crippen LogP contribution in [-0.2, 0) is 10.0 Å². The van der Waals surface area contributed by atoms with Crippen LogP contribution in [0.2, 0.25) is 0 Å². The summed E-state index contributed by atoms with van der Waals surface area (Å²) in [6.07, 6.45) is 0. The number of anilines is 1. The van der Waals surface area contributed by atoms with Crippen LogP contribution in [0.5, 0.6) is 0 Å². The summed E-state index contributed by atoms with van der Waals surface area (Å²) in [4.78, 5) is 3.53. The molecule has 1 heterocycles. The molecule has 88 valence electrons. The Morgan fingerprint density at radius 2 is 1.71 bits per heavy atom. The average molecular weight is 252 g/mol. The molecule has 0 bridgehead atoms. The van der Waals surface area contributed by atoms with Crippen LogP contribution >= 0.6 is 0 Å². The van der Waals surface area contributed by atoms with Crippen molar-refractivity contribution in [3.05, 3.63) is 54.5 Å². The Bertz CT molecular complexity index is 614. The van der Waals surface area contributed by atoms with Gasteiger partial charge in [-0.25, -0.2) is 13.4 Å². The van der Waals surface area contributed by atoms with Crippen LogP contribution in [0.3, 0.4) is 0 Å². The number of hydrogen-bond acceptors (Lipinski definition) is 3. The predicted octanol–water partition coefficient (Wildman–Crippen LogP) is 2.02. The first kappa shape index (κ1) is 11.5. The highest BCUT2D eigenvalue weighted by Crippen LogP contribution is 2.13. The fraction of sp³-hybridized carbons (Fsp3) is 0. The molecule has 0 radical (unpaired) electrons. The van der Waals surface area contributed by atoms with Crippen molar-refractivity contribution in [3.63, 3.8) is 0 Å². The fourth-order valence-corrected chi connectivity index (χ4v) is 2.28. The maximum Gasteiger partial charge on any atom is 0.263 e. The van der Waals surface area contributed by atoms with Crippen molar-refractivity contribution in [2.75, 3.05) is 4.72 Å². The number of nitrogens with zero attached hydrogens (tertiary/aromatic N) is 1. The molecule has 4 nitrogen and oxygen atoms in total. The summed E-state index contributed by atoms with van der Waals surface area (Å²) >= 11 is 0. The van der Waals surface area contributed by atoms with Gasteiger partial charge < -0.3 is 0 Å². The number of halogens is 1. The Morgan fingerprint density at radius 1 is 1.00 bits per heavy atom. The Kier molecular flexibility index (Phi) is 3.06. The number of benzene rings is 1. The maximum atomic E-state index is 12.8. The summed E-state index contributed by atoms with van der Waals surface area (Å²) < 4.78 is 38.7. The number of rotatable bonds is 3. The van der Waals surface area contributed by atoms with Gasteiger partial charge in [0.05, 0.1) is 4.90 Å². The van der Waals surface area contributed by atoms with Crippen molar-refractivity contribution in [2.45, 2.75) is 4.90 Å². The third-order valence-electron chi connectivity index (χ3n) is 2.01. The first-order valence-corrected chi connectivity index (χ1v) is 6.27. The standard InChI is InChI=1S/C11H9FN2O2S/c12-10-7-4-8-11(13-10)14-17(15,16)9-5-2-1-3-6-9/h1-8H,(H,13,14). The smallest absolute Gasteiger partial charge is 0.263 e. The summed E-state index contributed by atoms with van der Waals surface area (Å²) in [7, 11) is -3.71. The summed E-state index contributed by atoms with van der Waals surface area (Å²) in [5, 5.41) is 0. The van der Waals surface area contributed by atoms with Crippen LogP contribution in [0.1, 0.15) is 0 Å². The highest BCUT2D eigenvalue weighted by molar-refractivity contribution is 7.92. The van der Waals surface area contributed by atoms with E-state index in [9.17, 15) is 12.8 Å². The SMILES string of the molecule is O=S(=O)(Nc1cccc(F)n1)c1ccccc1. The number of hydrogen-bond donors (Lipinski definition) is 1. The van der Waals surface area contributed by atoms with Gasteiger partial charge in [-0.15, -0.1) is 0 Å². The first-order valence-electron chi connectivity index (χ1n) is 4.78. The average Bonchev–Trinajstić information content (AvgIpc) is 2.29. The van der Waals surface area contributed by atoms with Crippen molar-refractivity contribution in [2.24, 2.45) is 0 Å². The lowest BCUT2D eigenvalue weighted by molar-refractivity contribution is 0.584. The largest absolute Gasteiger partial charge is 0.263 e. The zero-order valence-electron chi connectivity index (χ0n) is 8.67. The molecule has 0 aliphatic heterocycles. The minimum Gasteiger partial charge on any atom is -0.263 e. The second-order valence-electron chi connectivity index (χ2n) is 3.26. The maximum absolute atomic E-state index is 12.8. The number of nitrogens with one attached hydrogen (secondary N) is 1.